The van der Waals surface area contributed by atoms with Crippen LogP contribution in [0.3, 0.4) is 0 Å². The van der Waals surface area contributed by atoms with Crippen molar-refractivity contribution in [1.29, 1.82) is 0 Å². The second kappa shape index (κ2) is 6.85. The molecular weight excluding hydrogens is 274 g/mol. The molecule has 0 aromatic carbocycles. The lowest BCUT2D eigenvalue weighted by molar-refractivity contribution is 0.876. The third kappa shape index (κ3) is 3.69. The van der Waals surface area contributed by atoms with Gasteiger partial charge in [0.05, 0.1) is 11.4 Å². The normalized spacial score (nSPS) is 10.6. The molecule has 5 heteroatoms. The Morgan fingerprint density at radius 2 is 1.77 bits per heavy atom. The highest BCUT2D eigenvalue weighted by atomic mass is 15.1. The number of pyridine rings is 1. The zero-order valence-electron chi connectivity index (χ0n) is 12.5. The molecule has 110 valence electrons. The molecular formula is C17H17N5. The molecule has 0 atom stereocenters. The molecule has 3 heterocycles. The molecule has 0 fully saturated rings. The number of hydrogen-bond acceptors (Lipinski definition) is 5. The first-order valence-electron chi connectivity index (χ1n) is 7.34. The molecule has 0 bridgehead atoms. The van der Waals surface area contributed by atoms with Crippen LogP contribution in [0, 0.1) is 0 Å². The van der Waals surface area contributed by atoms with Gasteiger partial charge < -0.3 is 0 Å². The Labute approximate surface area is 129 Å². The van der Waals surface area contributed by atoms with Crippen molar-refractivity contribution in [3.8, 4) is 0 Å². The van der Waals surface area contributed by atoms with Crippen molar-refractivity contribution >= 4 is 0 Å². The molecule has 3 aromatic rings. The Balaban J connectivity index is 1.76. The molecule has 0 unspecified atom stereocenters. The van der Waals surface area contributed by atoms with E-state index in [1.165, 1.54) is 5.56 Å². The van der Waals surface area contributed by atoms with Gasteiger partial charge in [0.25, 0.3) is 0 Å². The Kier molecular flexibility index (Phi) is 4.44. The van der Waals surface area contributed by atoms with E-state index >= 15 is 0 Å². The summed E-state index contributed by atoms with van der Waals surface area (Å²) < 4.78 is 0. The van der Waals surface area contributed by atoms with Gasteiger partial charge in [-0.05, 0) is 42.3 Å². The summed E-state index contributed by atoms with van der Waals surface area (Å²) in [7, 11) is 0. The van der Waals surface area contributed by atoms with E-state index in [0.29, 0.717) is 12.8 Å². The summed E-state index contributed by atoms with van der Waals surface area (Å²) in [5, 5.41) is 7.98. The van der Waals surface area contributed by atoms with Crippen molar-refractivity contribution in [3.05, 3.63) is 77.4 Å². The van der Waals surface area contributed by atoms with Crippen molar-refractivity contribution in [1.82, 2.24) is 25.1 Å². The second-order valence-corrected chi connectivity index (χ2v) is 5.04. The number of nitrogens with zero attached hydrogens (tertiary/aromatic N) is 5. The lowest BCUT2D eigenvalue weighted by Crippen LogP contribution is -2.02. The number of aromatic nitrogens is 5. The zero-order chi connectivity index (χ0) is 15.2. The van der Waals surface area contributed by atoms with Gasteiger partial charge in [0.15, 0.2) is 0 Å². The van der Waals surface area contributed by atoms with Crippen LogP contribution in [-0.2, 0) is 19.3 Å². The van der Waals surface area contributed by atoms with Crippen LogP contribution in [-0.4, -0.2) is 25.1 Å². The van der Waals surface area contributed by atoms with E-state index in [0.717, 1.165) is 29.3 Å². The third-order valence-electron chi connectivity index (χ3n) is 3.36. The fraction of sp³-hybridized carbons (Fsp3) is 0.235. The van der Waals surface area contributed by atoms with Crippen molar-refractivity contribution in [2.45, 2.75) is 26.2 Å². The van der Waals surface area contributed by atoms with Gasteiger partial charge in [-0.25, -0.2) is 9.97 Å². The van der Waals surface area contributed by atoms with Gasteiger partial charge >= 0.3 is 0 Å². The SMILES string of the molecule is CCc1cc(Cc2nccc(Cc3cccnn3)n2)ccn1. The average molecular weight is 291 g/mol. The van der Waals surface area contributed by atoms with Crippen LogP contribution in [0.2, 0.25) is 0 Å². The first-order chi connectivity index (χ1) is 10.8. The standard InChI is InChI=1S/C17H17N5/c1-2-14-10-13(5-8-18-14)11-17-19-9-6-15(21-17)12-16-4-3-7-20-22-16/h3-10H,2,11-12H2,1H3. The smallest absolute Gasteiger partial charge is 0.132 e. The van der Waals surface area contributed by atoms with Crippen molar-refractivity contribution in [2.24, 2.45) is 0 Å². The summed E-state index contributed by atoms with van der Waals surface area (Å²) >= 11 is 0. The van der Waals surface area contributed by atoms with Gasteiger partial charge in [0.2, 0.25) is 0 Å². The fourth-order valence-corrected chi connectivity index (χ4v) is 2.25. The quantitative estimate of drug-likeness (QED) is 0.722. The molecule has 0 amide bonds. The van der Waals surface area contributed by atoms with E-state index < -0.39 is 0 Å². The minimum atomic E-state index is 0.667. The monoisotopic (exact) mass is 291 g/mol. The van der Waals surface area contributed by atoms with Crippen LogP contribution < -0.4 is 0 Å². The molecule has 22 heavy (non-hydrogen) atoms. The summed E-state index contributed by atoms with van der Waals surface area (Å²) in [6.45, 7) is 2.10. The lowest BCUT2D eigenvalue weighted by atomic mass is 10.1. The van der Waals surface area contributed by atoms with Crippen molar-refractivity contribution < 1.29 is 0 Å². The van der Waals surface area contributed by atoms with Crippen LogP contribution in [0.15, 0.2) is 48.9 Å². The zero-order valence-corrected chi connectivity index (χ0v) is 12.5. The Morgan fingerprint density at radius 1 is 0.864 bits per heavy atom. The molecule has 3 rings (SSSR count). The number of rotatable bonds is 5. The molecule has 3 aromatic heterocycles. The van der Waals surface area contributed by atoms with Gasteiger partial charge in [-0.2, -0.15) is 10.2 Å². The molecule has 0 aliphatic heterocycles. The van der Waals surface area contributed by atoms with Crippen LogP contribution in [0.25, 0.3) is 0 Å². The van der Waals surface area contributed by atoms with Crippen LogP contribution in [0.1, 0.15) is 35.4 Å². The van der Waals surface area contributed by atoms with Crippen LogP contribution >= 0.6 is 0 Å². The minimum absolute atomic E-state index is 0.667. The molecule has 0 saturated carbocycles. The number of hydrogen-bond donors (Lipinski definition) is 0. The maximum Gasteiger partial charge on any atom is 0.132 e. The third-order valence-corrected chi connectivity index (χ3v) is 3.36. The molecule has 0 aliphatic carbocycles. The van der Waals surface area contributed by atoms with Crippen LogP contribution in [0.5, 0.6) is 0 Å². The molecule has 0 spiro atoms. The predicted molar refractivity (Wildman–Crippen MR) is 83.3 cm³/mol. The van der Waals surface area contributed by atoms with E-state index in [4.69, 9.17) is 0 Å². The topological polar surface area (TPSA) is 64.5 Å². The van der Waals surface area contributed by atoms with Crippen molar-refractivity contribution in [3.63, 3.8) is 0 Å². The van der Waals surface area contributed by atoms with Gasteiger partial charge in [-0.15, -0.1) is 0 Å². The molecule has 5 nitrogen and oxygen atoms in total. The van der Waals surface area contributed by atoms with E-state index in [-0.39, 0.29) is 0 Å². The molecule has 0 N–H and O–H groups in total. The minimum Gasteiger partial charge on any atom is -0.261 e. The maximum atomic E-state index is 4.62. The Morgan fingerprint density at radius 3 is 2.59 bits per heavy atom. The van der Waals surface area contributed by atoms with E-state index in [1.807, 2.05) is 30.5 Å². The fourth-order valence-electron chi connectivity index (χ4n) is 2.25. The molecule has 0 radical (unpaired) electrons. The second-order valence-electron chi connectivity index (χ2n) is 5.04. The van der Waals surface area contributed by atoms with Crippen LogP contribution in [0.4, 0.5) is 0 Å². The first kappa shape index (κ1) is 14.3. The first-order valence-corrected chi connectivity index (χ1v) is 7.34. The van der Waals surface area contributed by atoms with E-state index in [1.54, 1.807) is 12.4 Å². The lowest BCUT2D eigenvalue weighted by Gasteiger charge is -2.05. The summed E-state index contributed by atoms with van der Waals surface area (Å²) in [5.41, 5.74) is 4.14. The van der Waals surface area contributed by atoms with Gasteiger partial charge in [0, 0.05) is 37.1 Å². The Bertz CT molecular complexity index is 743. The van der Waals surface area contributed by atoms with Gasteiger partial charge in [-0.1, -0.05) is 6.92 Å². The Hall–Kier alpha value is -2.69. The van der Waals surface area contributed by atoms with Gasteiger partial charge in [-0.3, -0.25) is 4.98 Å². The summed E-state index contributed by atoms with van der Waals surface area (Å²) in [5.74, 6) is 0.814. The van der Waals surface area contributed by atoms with E-state index in [9.17, 15) is 0 Å². The highest BCUT2D eigenvalue weighted by Crippen LogP contribution is 2.09. The van der Waals surface area contributed by atoms with Gasteiger partial charge in [0.1, 0.15) is 5.82 Å². The average Bonchev–Trinajstić information content (AvgIpc) is 2.56. The van der Waals surface area contributed by atoms with E-state index in [2.05, 4.69) is 38.1 Å². The summed E-state index contributed by atoms with van der Waals surface area (Å²) in [6.07, 6.45) is 7.63. The largest absolute Gasteiger partial charge is 0.261 e. The maximum absolute atomic E-state index is 4.62. The predicted octanol–water partition coefficient (Wildman–Crippen LogP) is 2.41. The molecule has 0 aliphatic rings. The highest BCUT2D eigenvalue weighted by molar-refractivity contribution is 5.21. The molecule has 0 saturated heterocycles. The number of aryl methyl sites for hydroxylation is 1. The highest BCUT2D eigenvalue weighted by Gasteiger charge is 2.04. The van der Waals surface area contributed by atoms with Crippen molar-refractivity contribution in [2.75, 3.05) is 0 Å². The summed E-state index contributed by atoms with van der Waals surface area (Å²) in [6, 6.07) is 9.87. The summed E-state index contributed by atoms with van der Waals surface area (Å²) in [4.78, 5) is 13.3.